The van der Waals surface area contributed by atoms with Gasteiger partial charge in [-0.3, -0.25) is 10.1 Å². The van der Waals surface area contributed by atoms with Gasteiger partial charge in [0.2, 0.25) is 0 Å². The highest BCUT2D eigenvalue weighted by Gasteiger charge is 2.20. The molecule has 0 amide bonds. The van der Waals surface area contributed by atoms with E-state index in [1.54, 1.807) is 6.92 Å². The van der Waals surface area contributed by atoms with E-state index < -0.39 is 17.1 Å². The summed E-state index contributed by atoms with van der Waals surface area (Å²) in [5.74, 6) is 0.635. The Bertz CT molecular complexity index is 478. The molecule has 8 nitrogen and oxygen atoms in total. The maximum Gasteiger partial charge on any atom is 0.296 e. The molecule has 112 valence electrons. The molecule has 0 heterocycles. The molecular weight excluding hydrogens is 266 g/mol. The first-order valence-corrected chi connectivity index (χ1v) is 5.98. The lowest BCUT2D eigenvalue weighted by Crippen LogP contribution is -2.38. The highest BCUT2D eigenvalue weighted by Crippen LogP contribution is 2.37. The third-order valence-corrected chi connectivity index (χ3v) is 2.85. The molecule has 4 N–H and O–H groups in total. The Morgan fingerprint density at radius 1 is 1.40 bits per heavy atom. The number of hydrogen-bond acceptors (Lipinski definition) is 7. The van der Waals surface area contributed by atoms with E-state index >= 15 is 0 Å². The number of nitrogens with one attached hydrogen (secondary N) is 1. The van der Waals surface area contributed by atoms with Gasteiger partial charge in [-0.2, -0.15) is 0 Å². The van der Waals surface area contributed by atoms with Crippen molar-refractivity contribution >= 4 is 11.4 Å². The van der Waals surface area contributed by atoms with Crippen LogP contribution in [-0.2, 0) is 0 Å². The number of nitrogens with zero attached hydrogens (tertiary/aromatic N) is 1. The summed E-state index contributed by atoms with van der Waals surface area (Å²) in [5.41, 5.74) is 5.78. The molecule has 1 aromatic carbocycles. The van der Waals surface area contributed by atoms with Gasteiger partial charge < -0.3 is 25.6 Å². The van der Waals surface area contributed by atoms with Crippen LogP contribution in [0.2, 0.25) is 0 Å². The smallest absolute Gasteiger partial charge is 0.296 e. The molecule has 0 aliphatic carbocycles. The van der Waals surface area contributed by atoms with Crippen molar-refractivity contribution in [1.82, 2.24) is 0 Å². The van der Waals surface area contributed by atoms with Crippen LogP contribution in [0.15, 0.2) is 12.1 Å². The molecule has 2 unspecified atom stereocenters. The Morgan fingerprint density at radius 3 is 2.40 bits per heavy atom. The Balaban J connectivity index is 3.06. The maximum atomic E-state index is 11.1. The standard InChI is InChI=1S/C12H19N3O5/c1-7(16)8(13)6-14-9-4-11(19-2)12(20-3)5-10(9)15(17)18/h4-5,7-8,14,16H,6,13H2,1-3H3. The fourth-order valence-electron chi connectivity index (χ4n) is 1.56. The average molecular weight is 285 g/mol. The van der Waals surface area contributed by atoms with E-state index in [0.29, 0.717) is 5.75 Å². The summed E-state index contributed by atoms with van der Waals surface area (Å²) in [6.07, 6.45) is -0.721. The second kappa shape index (κ2) is 6.92. The molecule has 0 fully saturated rings. The number of nitro groups is 1. The second-order valence-electron chi connectivity index (χ2n) is 4.27. The predicted octanol–water partition coefficient (Wildman–Crippen LogP) is 0.732. The number of hydrogen-bond donors (Lipinski definition) is 3. The predicted molar refractivity (Wildman–Crippen MR) is 74.3 cm³/mol. The maximum absolute atomic E-state index is 11.1. The fraction of sp³-hybridized carbons (Fsp3) is 0.500. The summed E-state index contributed by atoms with van der Waals surface area (Å²) < 4.78 is 10.1. The van der Waals surface area contributed by atoms with Crippen molar-refractivity contribution in [2.24, 2.45) is 5.73 Å². The third kappa shape index (κ3) is 3.72. The summed E-state index contributed by atoms with van der Waals surface area (Å²) in [5, 5.41) is 23.2. The van der Waals surface area contributed by atoms with Gasteiger partial charge in [0.05, 0.1) is 31.3 Å². The van der Waals surface area contributed by atoms with Crippen LogP contribution in [0.5, 0.6) is 11.5 Å². The Labute approximate surface area is 116 Å². The Morgan fingerprint density at radius 2 is 1.95 bits per heavy atom. The number of anilines is 1. The van der Waals surface area contributed by atoms with Gasteiger partial charge in [-0.15, -0.1) is 0 Å². The van der Waals surface area contributed by atoms with E-state index in [1.165, 1.54) is 26.4 Å². The summed E-state index contributed by atoms with van der Waals surface area (Å²) in [7, 11) is 2.84. The number of methoxy groups -OCH3 is 2. The molecule has 0 saturated carbocycles. The van der Waals surface area contributed by atoms with E-state index in [9.17, 15) is 15.2 Å². The van der Waals surface area contributed by atoms with Gasteiger partial charge in [-0.25, -0.2) is 0 Å². The van der Waals surface area contributed by atoms with Crippen LogP contribution in [-0.4, -0.2) is 42.9 Å². The molecule has 0 aliphatic heterocycles. The largest absolute Gasteiger partial charge is 0.493 e. The minimum absolute atomic E-state index is 0.152. The molecular formula is C12H19N3O5. The molecule has 8 heteroatoms. The molecule has 20 heavy (non-hydrogen) atoms. The Hall–Kier alpha value is -2.06. The highest BCUT2D eigenvalue weighted by molar-refractivity contribution is 5.68. The van der Waals surface area contributed by atoms with Crippen molar-refractivity contribution in [3.05, 3.63) is 22.2 Å². The quantitative estimate of drug-likeness (QED) is 0.499. The van der Waals surface area contributed by atoms with Gasteiger partial charge >= 0.3 is 0 Å². The summed E-state index contributed by atoms with van der Waals surface area (Å²) in [4.78, 5) is 10.5. The van der Waals surface area contributed by atoms with Gasteiger partial charge in [-0.1, -0.05) is 0 Å². The fourth-order valence-corrected chi connectivity index (χ4v) is 1.56. The lowest BCUT2D eigenvalue weighted by Gasteiger charge is -2.17. The van der Waals surface area contributed by atoms with Gasteiger partial charge in [0, 0.05) is 18.7 Å². The van der Waals surface area contributed by atoms with Crippen LogP contribution >= 0.6 is 0 Å². The van der Waals surface area contributed by atoms with Crippen LogP contribution in [0, 0.1) is 10.1 Å². The lowest BCUT2D eigenvalue weighted by atomic mass is 10.2. The zero-order chi connectivity index (χ0) is 15.3. The molecule has 1 rings (SSSR count). The molecule has 0 bridgehead atoms. The number of rotatable bonds is 7. The first-order valence-electron chi connectivity index (χ1n) is 5.98. The van der Waals surface area contributed by atoms with Crippen molar-refractivity contribution in [3.8, 4) is 11.5 Å². The first kappa shape index (κ1) is 16.0. The molecule has 2 atom stereocenters. The monoisotopic (exact) mass is 285 g/mol. The minimum atomic E-state index is -0.721. The van der Waals surface area contributed by atoms with Crippen molar-refractivity contribution in [2.75, 3.05) is 26.1 Å². The first-order chi connectivity index (χ1) is 9.40. The summed E-state index contributed by atoms with van der Waals surface area (Å²) in [6.45, 7) is 1.74. The van der Waals surface area contributed by atoms with Gasteiger partial charge in [0.15, 0.2) is 11.5 Å². The molecule has 0 aliphatic rings. The van der Waals surface area contributed by atoms with Gasteiger partial charge in [0.25, 0.3) is 5.69 Å². The Kier molecular flexibility index (Phi) is 5.53. The molecule has 0 aromatic heterocycles. The number of aliphatic hydroxyl groups is 1. The number of ether oxygens (including phenoxy) is 2. The van der Waals surface area contributed by atoms with Gasteiger partial charge in [0.1, 0.15) is 5.69 Å². The average Bonchev–Trinajstić information content (AvgIpc) is 2.43. The minimum Gasteiger partial charge on any atom is -0.493 e. The van der Waals surface area contributed by atoms with E-state index in [-0.39, 0.29) is 23.7 Å². The van der Waals surface area contributed by atoms with Crippen molar-refractivity contribution in [1.29, 1.82) is 0 Å². The number of nitro benzene ring substituents is 1. The third-order valence-electron chi connectivity index (χ3n) is 2.85. The van der Waals surface area contributed by atoms with Gasteiger partial charge in [-0.05, 0) is 6.92 Å². The van der Waals surface area contributed by atoms with Crippen LogP contribution < -0.4 is 20.5 Å². The number of nitrogens with two attached hydrogens (primary N) is 1. The molecule has 0 radical (unpaired) electrons. The summed E-state index contributed by atoms with van der Waals surface area (Å²) in [6, 6.07) is 2.20. The van der Waals surface area contributed by atoms with Crippen LogP contribution in [0.4, 0.5) is 11.4 Å². The number of aliphatic hydroxyl groups excluding tert-OH is 1. The van der Waals surface area contributed by atoms with Crippen LogP contribution in [0.3, 0.4) is 0 Å². The zero-order valence-electron chi connectivity index (χ0n) is 11.6. The summed E-state index contributed by atoms with van der Waals surface area (Å²) >= 11 is 0. The van der Waals surface area contributed by atoms with Crippen molar-refractivity contribution < 1.29 is 19.5 Å². The highest BCUT2D eigenvalue weighted by atomic mass is 16.6. The SMILES string of the molecule is COc1cc(NCC(N)C(C)O)c([N+](=O)[O-])cc1OC. The second-order valence-corrected chi connectivity index (χ2v) is 4.27. The molecule has 1 aromatic rings. The molecule has 0 saturated heterocycles. The zero-order valence-corrected chi connectivity index (χ0v) is 11.6. The normalized spacial score (nSPS) is 13.4. The van der Waals surface area contributed by atoms with E-state index in [2.05, 4.69) is 5.32 Å². The number of benzene rings is 1. The van der Waals surface area contributed by atoms with Crippen molar-refractivity contribution in [2.45, 2.75) is 19.1 Å². The van der Waals surface area contributed by atoms with E-state index in [4.69, 9.17) is 15.2 Å². The van der Waals surface area contributed by atoms with Crippen LogP contribution in [0.1, 0.15) is 6.92 Å². The van der Waals surface area contributed by atoms with Crippen molar-refractivity contribution in [3.63, 3.8) is 0 Å². The lowest BCUT2D eigenvalue weighted by molar-refractivity contribution is -0.384. The van der Waals surface area contributed by atoms with E-state index in [1.807, 2.05) is 0 Å². The molecule has 0 spiro atoms. The van der Waals surface area contributed by atoms with Crippen LogP contribution in [0.25, 0.3) is 0 Å². The van der Waals surface area contributed by atoms with E-state index in [0.717, 1.165) is 0 Å². The topological polar surface area (TPSA) is 120 Å².